The second-order valence-electron chi connectivity index (χ2n) is 9.37. The predicted octanol–water partition coefficient (Wildman–Crippen LogP) is 3.66. The number of rotatable bonds is 4. The van der Waals surface area contributed by atoms with Crippen LogP contribution in [0.2, 0.25) is 0 Å². The Hall–Kier alpha value is -3.64. The Morgan fingerprint density at radius 1 is 1.03 bits per heavy atom. The molecule has 2 saturated heterocycles. The minimum Gasteiger partial charge on any atom is -0.322 e. The Morgan fingerprint density at radius 2 is 1.80 bits per heavy atom. The van der Waals surface area contributed by atoms with E-state index in [4.69, 9.17) is 6.57 Å². The van der Waals surface area contributed by atoms with Crippen molar-refractivity contribution in [2.75, 3.05) is 13.1 Å². The molecule has 1 atom stereocenters. The van der Waals surface area contributed by atoms with Crippen LogP contribution in [0.3, 0.4) is 0 Å². The molecule has 2 fully saturated rings. The molecule has 0 bridgehead atoms. The fraction of sp³-hybridized carbons (Fsp3) is 0.385. The van der Waals surface area contributed by atoms with Gasteiger partial charge in [-0.2, -0.15) is 0 Å². The van der Waals surface area contributed by atoms with Gasteiger partial charge in [-0.1, -0.05) is 18.2 Å². The second kappa shape index (κ2) is 9.19. The number of carbonyl (C=O) groups is 3. The number of nitrogens with one attached hydrogen (secondary N) is 1. The number of carbonyl (C=O) groups excluding carboxylic acids is 3. The molecule has 7 nitrogen and oxygen atoms in total. The van der Waals surface area contributed by atoms with Gasteiger partial charge < -0.3 is 4.90 Å². The van der Waals surface area contributed by atoms with Crippen LogP contribution >= 0.6 is 0 Å². The van der Waals surface area contributed by atoms with Crippen molar-refractivity contribution in [1.29, 1.82) is 0 Å². The standard InChI is InChI=1S/C26H24F2N4O3/c1-29-18-3-2-16(21(27)11-18)13-31-8-6-15(7-9-31)19-10-17-14-32(26(35)20(17)12-22(19)28)23-4-5-24(33)30-25(23)34/h2-3,10-12,15,23H,4-9,13-14H2,(H,30,33,34). The molecule has 0 spiro atoms. The van der Waals surface area contributed by atoms with Gasteiger partial charge in [0.25, 0.3) is 5.91 Å². The van der Waals surface area contributed by atoms with Crippen molar-refractivity contribution in [3.63, 3.8) is 0 Å². The third kappa shape index (κ3) is 4.42. The topological polar surface area (TPSA) is 74.1 Å². The summed E-state index contributed by atoms with van der Waals surface area (Å²) in [7, 11) is 0. The Kier molecular flexibility index (Phi) is 6.07. The van der Waals surface area contributed by atoms with Crippen molar-refractivity contribution in [1.82, 2.24) is 15.1 Å². The molecular formula is C26H24F2N4O3. The van der Waals surface area contributed by atoms with Crippen LogP contribution in [0.5, 0.6) is 0 Å². The number of hydrogen-bond acceptors (Lipinski definition) is 4. The summed E-state index contributed by atoms with van der Waals surface area (Å²) in [5.74, 6) is -2.07. The minimum atomic E-state index is -0.730. The van der Waals surface area contributed by atoms with E-state index in [1.165, 1.54) is 17.0 Å². The summed E-state index contributed by atoms with van der Waals surface area (Å²) in [6.45, 7) is 8.98. The van der Waals surface area contributed by atoms with E-state index in [0.717, 1.165) is 0 Å². The van der Waals surface area contributed by atoms with Gasteiger partial charge in [0.05, 0.1) is 6.57 Å². The predicted molar refractivity (Wildman–Crippen MR) is 122 cm³/mol. The average Bonchev–Trinajstić information content (AvgIpc) is 3.15. The highest BCUT2D eigenvalue weighted by atomic mass is 19.1. The van der Waals surface area contributed by atoms with Crippen LogP contribution in [0.25, 0.3) is 4.85 Å². The van der Waals surface area contributed by atoms with Gasteiger partial charge in [-0.25, -0.2) is 13.6 Å². The molecule has 1 unspecified atom stereocenters. The van der Waals surface area contributed by atoms with E-state index in [-0.39, 0.29) is 48.4 Å². The summed E-state index contributed by atoms with van der Waals surface area (Å²) in [4.78, 5) is 43.4. The summed E-state index contributed by atoms with van der Waals surface area (Å²) < 4.78 is 29.3. The maximum absolute atomic E-state index is 15.1. The molecule has 1 N–H and O–H groups in total. The van der Waals surface area contributed by atoms with Crippen LogP contribution in [0.1, 0.15) is 58.6 Å². The first-order chi connectivity index (χ1) is 16.8. The van der Waals surface area contributed by atoms with Crippen LogP contribution in [0.4, 0.5) is 14.5 Å². The normalized spacial score (nSPS) is 21.1. The molecule has 0 radical (unpaired) electrons. The van der Waals surface area contributed by atoms with E-state index < -0.39 is 23.6 Å². The third-order valence-electron chi connectivity index (χ3n) is 7.23. The highest BCUT2D eigenvalue weighted by Crippen LogP contribution is 2.36. The van der Waals surface area contributed by atoms with Crippen LogP contribution in [0, 0.1) is 18.2 Å². The van der Waals surface area contributed by atoms with Gasteiger partial charge in [0.2, 0.25) is 11.8 Å². The molecule has 35 heavy (non-hydrogen) atoms. The Balaban J connectivity index is 1.26. The Bertz CT molecular complexity index is 1260. The lowest BCUT2D eigenvalue weighted by Gasteiger charge is -2.32. The van der Waals surface area contributed by atoms with E-state index >= 15 is 4.39 Å². The quantitative estimate of drug-likeness (QED) is 0.538. The summed E-state index contributed by atoms with van der Waals surface area (Å²) in [6.07, 6.45) is 1.83. The van der Waals surface area contributed by atoms with Gasteiger partial charge in [0, 0.05) is 25.1 Å². The van der Waals surface area contributed by atoms with E-state index in [2.05, 4.69) is 15.1 Å². The average molecular weight is 478 g/mol. The summed E-state index contributed by atoms with van der Waals surface area (Å²) in [5, 5.41) is 2.27. The van der Waals surface area contributed by atoms with E-state index in [1.807, 2.05) is 0 Å². The van der Waals surface area contributed by atoms with Crippen molar-refractivity contribution < 1.29 is 23.2 Å². The molecule has 180 valence electrons. The minimum absolute atomic E-state index is 0.0226. The van der Waals surface area contributed by atoms with Crippen molar-refractivity contribution >= 4 is 23.4 Å². The van der Waals surface area contributed by atoms with Crippen molar-refractivity contribution in [3.05, 3.63) is 75.6 Å². The number of likely N-dealkylation sites (tertiary alicyclic amines) is 1. The zero-order chi connectivity index (χ0) is 24.7. The van der Waals surface area contributed by atoms with Crippen LogP contribution < -0.4 is 5.32 Å². The molecule has 3 aliphatic heterocycles. The molecule has 2 aromatic carbocycles. The van der Waals surface area contributed by atoms with Gasteiger partial charge in [0.1, 0.15) is 17.7 Å². The Labute approximate surface area is 201 Å². The van der Waals surface area contributed by atoms with Gasteiger partial charge in [-0.05, 0) is 67.1 Å². The van der Waals surface area contributed by atoms with E-state index in [1.54, 1.807) is 18.2 Å². The molecule has 9 heteroatoms. The number of amides is 3. The van der Waals surface area contributed by atoms with Gasteiger partial charge in [-0.3, -0.25) is 24.6 Å². The van der Waals surface area contributed by atoms with Gasteiger partial charge in [-0.15, -0.1) is 0 Å². The fourth-order valence-electron chi connectivity index (χ4n) is 5.30. The number of piperidine rings is 2. The maximum Gasteiger partial charge on any atom is 0.255 e. The van der Waals surface area contributed by atoms with Gasteiger partial charge in [0.15, 0.2) is 5.69 Å². The number of hydrogen-bond donors (Lipinski definition) is 1. The highest BCUT2D eigenvalue weighted by molar-refractivity contribution is 6.05. The molecule has 3 heterocycles. The molecular weight excluding hydrogens is 454 g/mol. The van der Waals surface area contributed by atoms with Crippen molar-refractivity contribution in [2.24, 2.45) is 0 Å². The SMILES string of the molecule is [C-]#[N+]c1ccc(CN2CCC(c3cc4c(cc3F)C(=O)N(C3CCC(=O)NC3=O)C4)CC2)c(F)c1. The number of fused-ring (bicyclic) bond motifs is 1. The lowest BCUT2D eigenvalue weighted by molar-refractivity contribution is -0.136. The summed E-state index contributed by atoms with van der Waals surface area (Å²) in [5.41, 5.74) is 2.33. The molecule has 2 aromatic rings. The second-order valence-corrected chi connectivity index (χ2v) is 9.37. The number of benzene rings is 2. The van der Waals surface area contributed by atoms with Crippen molar-refractivity contribution in [2.45, 2.75) is 50.7 Å². The lowest BCUT2D eigenvalue weighted by atomic mass is 9.87. The zero-order valence-electron chi connectivity index (χ0n) is 19.0. The summed E-state index contributed by atoms with van der Waals surface area (Å²) in [6, 6.07) is 6.79. The summed E-state index contributed by atoms with van der Waals surface area (Å²) >= 11 is 0. The monoisotopic (exact) mass is 478 g/mol. The zero-order valence-corrected chi connectivity index (χ0v) is 19.0. The molecule has 0 aromatic heterocycles. The number of halogens is 2. The number of nitrogens with zero attached hydrogens (tertiary/aromatic N) is 3. The van der Waals surface area contributed by atoms with Crippen LogP contribution in [-0.2, 0) is 22.7 Å². The highest BCUT2D eigenvalue weighted by Gasteiger charge is 2.40. The molecule has 0 aliphatic carbocycles. The van der Waals surface area contributed by atoms with Crippen LogP contribution in [0.15, 0.2) is 30.3 Å². The van der Waals surface area contributed by atoms with Crippen LogP contribution in [-0.4, -0.2) is 46.7 Å². The van der Waals surface area contributed by atoms with Gasteiger partial charge >= 0.3 is 0 Å². The first-order valence-corrected chi connectivity index (χ1v) is 11.7. The molecule has 0 saturated carbocycles. The first-order valence-electron chi connectivity index (χ1n) is 11.7. The lowest BCUT2D eigenvalue weighted by Crippen LogP contribution is -2.52. The maximum atomic E-state index is 15.1. The largest absolute Gasteiger partial charge is 0.322 e. The smallest absolute Gasteiger partial charge is 0.255 e. The third-order valence-corrected chi connectivity index (χ3v) is 7.23. The van der Waals surface area contributed by atoms with E-state index in [0.29, 0.717) is 49.2 Å². The molecule has 3 aliphatic rings. The first kappa shape index (κ1) is 23.1. The van der Waals surface area contributed by atoms with E-state index in [9.17, 15) is 18.8 Å². The number of imide groups is 1. The molecule has 5 rings (SSSR count). The molecule has 3 amide bonds. The fourth-order valence-corrected chi connectivity index (χ4v) is 5.30. The van der Waals surface area contributed by atoms with Crippen molar-refractivity contribution in [3.8, 4) is 0 Å². The Morgan fingerprint density at radius 3 is 2.49 bits per heavy atom.